The van der Waals surface area contributed by atoms with Crippen LogP contribution in [-0.4, -0.2) is 23.3 Å². The molecule has 0 radical (unpaired) electrons. The lowest BCUT2D eigenvalue weighted by atomic mass is 9.91. The summed E-state index contributed by atoms with van der Waals surface area (Å²) >= 11 is 0. The Labute approximate surface area is 89.1 Å². The second-order valence-electron chi connectivity index (χ2n) is 4.02. The first-order valence-electron chi connectivity index (χ1n) is 5.60. The molecule has 0 amide bonds. The zero-order chi connectivity index (χ0) is 10.7. The summed E-state index contributed by atoms with van der Waals surface area (Å²) in [6.07, 6.45) is 2.97. The number of aromatic nitrogens is 2. The molecule has 1 aliphatic rings. The van der Waals surface area contributed by atoms with Gasteiger partial charge in [-0.3, -0.25) is 4.79 Å². The van der Waals surface area contributed by atoms with E-state index in [2.05, 4.69) is 15.5 Å². The molecule has 1 aromatic heterocycles. The van der Waals surface area contributed by atoms with Crippen LogP contribution in [0.25, 0.3) is 0 Å². The van der Waals surface area contributed by atoms with Crippen molar-refractivity contribution in [2.75, 3.05) is 13.1 Å². The molecule has 0 atom stereocenters. The number of rotatable bonds is 2. The third-order valence-electron chi connectivity index (χ3n) is 3.03. The summed E-state index contributed by atoms with van der Waals surface area (Å²) in [4.78, 5) is 11.6. The van der Waals surface area contributed by atoms with Crippen LogP contribution in [-0.2, 0) is 6.42 Å². The van der Waals surface area contributed by atoms with Crippen molar-refractivity contribution in [3.05, 3.63) is 27.7 Å². The zero-order valence-corrected chi connectivity index (χ0v) is 9.05. The Morgan fingerprint density at radius 3 is 2.87 bits per heavy atom. The number of nitrogens with one attached hydrogen (secondary N) is 2. The Morgan fingerprint density at radius 1 is 1.47 bits per heavy atom. The molecule has 0 spiro atoms. The summed E-state index contributed by atoms with van der Waals surface area (Å²) < 4.78 is 0. The second-order valence-corrected chi connectivity index (χ2v) is 4.02. The highest BCUT2D eigenvalue weighted by Gasteiger charge is 2.18. The van der Waals surface area contributed by atoms with E-state index in [4.69, 9.17) is 0 Å². The molecule has 82 valence electrons. The number of nitrogens with zero attached hydrogens (tertiary/aromatic N) is 1. The molecule has 0 aromatic carbocycles. The molecule has 0 unspecified atom stereocenters. The molecule has 0 saturated carbocycles. The van der Waals surface area contributed by atoms with E-state index >= 15 is 0 Å². The van der Waals surface area contributed by atoms with Gasteiger partial charge in [0.25, 0.3) is 5.56 Å². The van der Waals surface area contributed by atoms with Crippen molar-refractivity contribution in [2.45, 2.75) is 32.1 Å². The van der Waals surface area contributed by atoms with E-state index < -0.39 is 0 Å². The molecule has 2 heterocycles. The maximum Gasteiger partial charge on any atom is 0.267 e. The number of aromatic amines is 1. The number of hydrogen-bond donors (Lipinski definition) is 2. The van der Waals surface area contributed by atoms with E-state index in [0.717, 1.165) is 43.6 Å². The number of hydrogen-bond acceptors (Lipinski definition) is 3. The van der Waals surface area contributed by atoms with Gasteiger partial charge in [0.05, 0.1) is 5.69 Å². The number of aryl methyl sites for hydroxylation is 1. The molecule has 1 fully saturated rings. The van der Waals surface area contributed by atoms with Crippen LogP contribution in [0.4, 0.5) is 0 Å². The Morgan fingerprint density at radius 2 is 2.20 bits per heavy atom. The standard InChI is InChI=1S/C11H17N3O/c1-2-9-7-10(11(15)14-13-9)8-3-5-12-6-4-8/h7-8,12H,2-6H2,1H3,(H,14,15). The van der Waals surface area contributed by atoms with Crippen LogP contribution in [0.15, 0.2) is 10.9 Å². The molecule has 2 N–H and O–H groups in total. The highest BCUT2D eigenvalue weighted by molar-refractivity contribution is 5.18. The quantitative estimate of drug-likeness (QED) is 0.754. The fourth-order valence-corrected chi connectivity index (χ4v) is 2.08. The van der Waals surface area contributed by atoms with Crippen molar-refractivity contribution < 1.29 is 0 Å². The molecular weight excluding hydrogens is 190 g/mol. The van der Waals surface area contributed by atoms with Gasteiger partial charge in [-0.15, -0.1) is 0 Å². The first kappa shape index (κ1) is 10.4. The summed E-state index contributed by atoms with van der Waals surface area (Å²) in [7, 11) is 0. The van der Waals surface area contributed by atoms with Crippen molar-refractivity contribution in [1.29, 1.82) is 0 Å². The minimum atomic E-state index is -0.0147. The molecule has 2 rings (SSSR count). The number of piperidine rings is 1. The van der Waals surface area contributed by atoms with Crippen LogP contribution in [0.2, 0.25) is 0 Å². The van der Waals surface area contributed by atoms with Gasteiger partial charge in [0.15, 0.2) is 0 Å². The third kappa shape index (κ3) is 2.26. The lowest BCUT2D eigenvalue weighted by molar-refractivity contribution is 0.456. The van der Waals surface area contributed by atoms with E-state index in [-0.39, 0.29) is 5.56 Å². The molecule has 4 nitrogen and oxygen atoms in total. The van der Waals surface area contributed by atoms with Gasteiger partial charge in [0, 0.05) is 5.56 Å². The van der Waals surface area contributed by atoms with Crippen LogP contribution in [0, 0.1) is 0 Å². The fraction of sp³-hybridized carbons (Fsp3) is 0.636. The SMILES string of the molecule is CCc1cc(C2CCNCC2)c(=O)[nH]n1. The van der Waals surface area contributed by atoms with E-state index in [1.54, 1.807) is 0 Å². The summed E-state index contributed by atoms with van der Waals surface area (Å²) in [5.41, 5.74) is 1.88. The number of H-pyrrole nitrogens is 1. The summed E-state index contributed by atoms with van der Waals surface area (Å²) in [6.45, 7) is 4.06. The normalized spacial score (nSPS) is 17.9. The van der Waals surface area contributed by atoms with Crippen molar-refractivity contribution in [1.82, 2.24) is 15.5 Å². The molecule has 15 heavy (non-hydrogen) atoms. The summed E-state index contributed by atoms with van der Waals surface area (Å²) in [6, 6.07) is 1.97. The lowest BCUT2D eigenvalue weighted by Crippen LogP contribution is -2.30. The molecule has 0 bridgehead atoms. The topological polar surface area (TPSA) is 57.8 Å². The Bertz CT molecular complexity index is 380. The van der Waals surface area contributed by atoms with Gasteiger partial charge < -0.3 is 5.32 Å². The first-order chi connectivity index (χ1) is 7.31. The highest BCUT2D eigenvalue weighted by atomic mass is 16.1. The Kier molecular flexibility index (Phi) is 3.16. The summed E-state index contributed by atoms with van der Waals surface area (Å²) in [5.74, 6) is 0.406. The molecule has 1 aromatic rings. The van der Waals surface area contributed by atoms with Gasteiger partial charge in [-0.05, 0) is 44.3 Å². The van der Waals surface area contributed by atoms with E-state index in [1.165, 1.54) is 0 Å². The van der Waals surface area contributed by atoms with Crippen molar-refractivity contribution in [3.8, 4) is 0 Å². The van der Waals surface area contributed by atoms with E-state index in [1.807, 2.05) is 13.0 Å². The van der Waals surface area contributed by atoms with Gasteiger partial charge in [0.2, 0.25) is 0 Å². The van der Waals surface area contributed by atoms with Gasteiger partial charge in [-0.2, -0.15) is 5.10 Å². The predicted octanol–water partition coefficient (Wildman–Crippen LogP) is 0.799. The first-order valence-corrected chi connectivity index (χ1v) is 5.60. The van der Waals surface area contributed by atoms with Crippen molar-refractivity contribution in [3.63, 3.8) is 0 Å². The largest absolute Gasteiger partial charge is 0.317 e. The zero-order valence-electron chi connectivity index (χ0n) is 9.05. The van der Waals surface area contributed by atoms with Gasteiger partial charge in [-0.1, -0.05) is 6.92 Å². The van der Waals surface area contributed by atoms with Gasteiger partial charge in [-0.25, -0.2) is 5.10 Å². The Balaban J connectivity index is 2.28. The van der Waals surface area contributed by atoms with Crippen LogP contribution >= 0.6 is 0 Å². The van der Waals surface area contributed by atoms with Crippen LogP contribution in [0.3, 0.4) is 0 Å². The lowest BCUT2D eigenvalue weighted by Gasteiger charge is -2.22. The van der Waals surface area contributed by atoms with Gasteiger partial charge >= 0.3 is 0 Å². The minimum Gasteiger partial charge on any atom is -0.317 e. The van der Waals surface area contributed by atoms with Crippen LogP contribution in [0.5, 0.6) is 0 Å². The maximum atomic E-state index is 11.6. The van der Waals surface area contributed by atoms with Crippen molar-refractivity contribution in [2.24, 2.45) is 0 Å². The molecule has 1 aliphatic heterocycles. The summed E-state index contributed by atoms with van der Waals surface area (Å²) in [5, 5.41) is 9.89. The average molecular weight is 207 g/mol. The van der Waals surface area contributed by atoms with Crippen molar-refractivity contribution >= 4 is 0 Å². The van der Waals surface area contributed by atoms with Crippen LogP contribution < -0.4 is 10.9 Å². The highest BCUT2D eigenvalue weighted by Crippen LogP contribution is 2.22. The minimum absolute atomic E-state index is 0.0147. The third-order valence-corrected chi connectivity index (χ3v) is 3.03. The van der Waals surface area contributed by atoms with E-state index in [9.17, 15) is 4.79 Å². The fourth-order valence-electron chi connectivity index (χ4n) is 2.08. The van der Waals surface area contributed by atoms with E-state index in [0.29, 0.717) is 5.92 Å². The molecule has 0 aliphatic carbocycles. The molecule has 1 saturated heterocycles. The Hall–Kier alpha value is -1.16. The maximum absolute atomic E-state index is 11.6. The predicted molar refractivity (Wildman–Crippen MR) is 59.1 cm³/mol. The van der Waals surface area contributed by atoms with Gasteiger partial charge in [0.1, 0.15) is 0 Å². The van der Waals surface area contributed by atoms with Crippen LogP contribution in [0.1, 0.15) is 36.9 Å². The smallest absolute Gasteiger partial charge is 0.267 e. The monoisotopic (exact) mass is 207 g/mol. The molecular formula is C11H17N3O. The molecule has 4 heteroatoms. The second kappa shape index (κ2) is 4.57. The average Bonchev–Trinajstić information content (AvgIpc) is 2.31.